The Kier molecular flexibility index (Phi) is 3.80. The van der Waals surface area contributed by atoms with Crippen molar-refractivity contribution in [3.8, 4) is 5.75 Å². The number of aromatic nitrogens is 2. The summed E-state index contributed by atoms with van der Waals surface area (Å²) in [5.74, 6) is 0.820. The van der Waals surface area contributed by atoms with Gasteiger partial charge in [0.2, 0.25) is 0 Å². The van der Waals surface area contributed by atoms with Crippen molar-refractivity contribution in [2.45, 2.75) is 19.9 Å². The van der Waals surface area contributed by atoms with Crippen molar-refractivity contribution in [3.05, 3.63) is 58.4 Å². The van der Waals surface area contributed by atoms with E-state index in [1.807, 2.05) is 12.1 Å². The summed E-state index contributed by atoms with van der Waals surface area (Å²) in [5, 5.41) is 0. The molecule has 0 saturated heterocycles. The monoisotopic (exact) mass is 298 g/mol. The molecule has 1 heterocycles. The number of aryl methyl sites for hydroxylation is 1. The lowest BCUT2D eigenvalue weighted by atomic mass is 10.1. The minimum atomic E-state index is 0.723. The molecule has 0 unspecified atom stereocenters. The number of nitrogens with one attached hydrogen (secondary N) is 1. The van der Waals surface area contributed by atoms with Crippen molar-refractivity contribution in [2.24, 2.45) is 0 Å². The average molecular weight is 298 g/mol. The molecule has 0 amide bonds. The van der Waals surface area contributed by atoms with Crippen molar-refractivity contribution in [2.75, 3.05) is 7.11 Å². The fourth-order valence-corrected chi connectivity index (χ4v) is 2.97. The Hall–Kier alpha value is -2.07. The number of imidazole rings is 1. The zero-order valence-corrected chi connectivity index (χ0v) is 13.0. The highest BCUT2D eigenvalue weighted by molar-refractivity contribution is 7.71. The van der Waals surface area contributed by atoms with Gasteiger partial charge in [-0.3, -0.25) is 0 Å². The second-order valence-corrected chi connectivity index (χ2v) is 5.38. The largest absolute Gasteiger partial charge is 0.494 e. The molecule has 0 aliphatic rings. The van der Waals surface area contributed by atoms with E-state index in [1.165, 1.54) is 11.1 Å². The smallest absolute Gasteiger partial charge is 0.178 e. The number of benzene rings is 2. The molecule has 0 aliphatic carbocycles. The van der Waals surface area contributed by atoms with Crippen LogP contribution in [0.1, 0.15) is 18.1 Å². The first-order valence-corrected chi connectivity index (χ1v) is 7.47. The Morgan fingerprint density at radius 3 is 2.57 bits per heavy atom. The van der Waals surface area contributed by atoms with E-state index in [1.54, 1.807) is 7.11 Å². The third kappa shape index (κ3) is 2.47. The molecule has 2 aromatic carbocycles. The normalized spacial score (nSPS) is 11.0. The lowest BCUT2D eigenvalue weighted by molar-refractivity contribution is 0.419. The molecule has 0 saturated carbocycles. The number of hydrogen-bond acceptors (Lipinski definition) is 2. The second-order valence-electron chi connectivity index (χ2n) is 4.99. The van der Waals surface area contributed by atoms with Crippen molar-refractivity contribution < 1.29 is 4.74 Å². The molecule has 0 radical (unpaired) electrons. The number of rotatable bonds is 4. The minimum absolute atomic E-state index is 0.723. The van der Waals surface area contributed by atoms with E-state index in [-0.39, 0.29) is 0 Å². The molecule has 1 aromatic heterocycles. The topological polar surface area (TPSA) is 29.9 Å². The van der Waals surface area contributed by atoms with Crippen LogP contribution in [-0.4, -0.2) is 16.7 Å². The first kappa shape index (κ1) is 13.9. The average Bonchev–Trinajstić information content (AvgIpc) is 2.84. The highest BCUT2D eigenvalue weighted by Gasteiger charge is 2.10. The van der Waals surface area contributed by atoms with Crippen molar-refractivity contribution in [1.82, 2.24) is 9.55 Å². The minimum Gasteiger partial charge on any atom is -0.494 e. The maximum absolute atomic E-state index is 5.49. The highest BCUT2D eigenvalue weighted by Crippen LogP contribution is 2.25. The van der Waals surface area contributed by atoms with Gasteiger partial charge < -0.3 is 14.3 Å². The van der Waals surface area contributed by atoms with Gasteiger partial charge in [0.15, 0.2) is 4.77 Å². The first-order chi connectivity index (χ1) is 10.2. The number of ether oxygens (including phenoxy) is 1. The van der Waals surface area contributed by atoms with Crippen LogP contribution in [0.3, 0.4) is 0 Å². The summed E-state index contributed by atoms with van der Waals surface area (Å²) in [6.45, 7) is 2.95. The van der Waals surface area contributed by atoms with E-state index in [0.29, 0.717) is 0 Å². The molecule has 3 nitrogen and oxygen atoms in total. The maximum atomic E-state index is 5.49. The van der Waals surface area contributed by atoms with Gasteiger partial charge in [-0.25, -0.2) is 0 Å². The molecule has 0 bridgehead atoms. The molecule has 108 valence electrons. The Morgan fingerprint density at radius 1 is 1.10 bits per heavy atom. The van der Waals surface area contributed by atoms with Gasteiger partial charge in [-0.2, -0.15) is 0 Å². The quantitative estimate of drug-likeness (QED) is 0.727. The van der Waals surface area contributed by atoms with E-state index in [9.17, 15) is 0 Å². The Bertz CT molecular complexity index is 832. The number of nitrogens with zero attached hydrogens (tertiary/aromatic N) is 1. The molecule has 0 fully saturated rings. The molecule has 3 rings (SSSR count). The van der Waals surface area contributed by atoms with Crippen LogP contribution in [-0.2, 0) is 13.0 Å². The van der Waals surface area contributed by atoms with Gasteiger partial charge in [0.05, 0.1) is 19.2 Å². The van der Waals surface area contributed by atoms with Crippen molar-refractivity contribution >= 4 is 23.3 Å². The molecule has 0 aliphatic heterocycles. The van der Waals surface area contributed by atoms with Crippen LogP contribution in [0.4, 0.5) is 0 Å². The predicted molar refractivity (Wildman–Crippen MR) is 88.6 cm³/mol. The first-order valence-electron chi connectivity index (χ1n) is 7.07. The van der Waals surface area contributed by atoms with Gasteiger partial charge in [0.1, 0.15) is 11.3 Å². The number of hydrogen-bond donors (Lipinski definition) is 1. The van der Waals surface area contributed by atoms with Gasteiger partial charge in [-0.05, 0) is 41.9 Å². The Balaban J connectivity index is 2.13. The van der Waals surface area contributed by atoms with Crippen LogP contribution in [0.25, 0.3) is 11.0 Å². The fraction of sp³-hybridized carbons (Fsp3) is 0.235. The van der Waals surface area contributed by atoms with E-state index in [0.717, 1.165) is 34.5 Å². The molecule has 0 atom stereocenters. The van der Waals surface area contributed by atoms with E-state index in [4.69, 9.17) is 17.0 Å². The molecule has 3 aromatic rings. The van der Waals surface area contributed by atoms with Gasteiger partial charge in [-0.1, -0.05) is 37.3 Å². The van der Waals surface area contributed by atoms with Crippen LogP contribution in [0.15, 0.2) is 42.5 Å². The lowest BCUT2D eigenvalue weighted by Gasteiger charge is -2.10. The summed E-state index contributed by atoms with van der Waals surface area (Å²) in [5.41, 5.74) is 4.70. The highest BCUT2D eigenvalue weighted by atomic mass is 32.1. The van der Waals surface area contributed by atoms with Gasteiger partial charge in [0.25, 0.3) is 0 Å². The molecule has 21 heavy (non-hydrogen) atoms. The fourth-order valence-electron chi connectivity index (χ4n) is 2.71. The van der Waals surface area contributed by atoms with Crippen LogP contribution in [0, 0.1) is 4.77 Å². The zero-order valence-electron chi connectivity index (χ0n) is 12.2. The number of H-pyrrole nitrogens is 1. The molecule has 0 spiro atoms. The summed E-state index contributed by atoms with van der Waals surface area (Å²) < 4.78 is 8.25. The summed E-state index contributed by atoms with van der Waals surface area (Å²) >= 11 is 5.49. The van der Waals surface area contributed by atoms with Gasteiger partial charge in [0, 0.05) is 0 Å². The predicted octanol–water partition coefficient (Wildman–Crippen LogP) is 4.32. The number of para-hydroxylation sites is 1. The Morgan fingerprint density at radius 2 is 1.86 bits per heavy atom. The maximum Gasteiger partial charge on any atom is 0.178 e. The Labute approximate surface area is 129 Å². The molecule has 4 heteroatoms. The molecular weight excluding hydrogens is 280 g/mol. The number of aromatic amines is 1. The number of methoxy groups -OCH3 is 1. The second kappa shape index (κ2) is 5.74. The van der Waals surface area contributed by atoms with Crippen LogP contribution >= 0.6 is 12.2 Å². The van der Waals surface area contributed by atoms with Crippen molar-refractivity contribution in [3.63, 3.8) is 0 Å². The van der Waals surface area contributed by atoms with Crippen LogP contribution < -0.4 is 4.74 Å². The molecular formula is C17H18N2OS. The van der Waals surface area contributed by atoms with E-state index < -0.39 is 0 Å². The van der Waals surface area contributed by atoms with Gasteiger partial charge >= 0.3 is 0 Å². The summed E-state index contributed by atoms with van der Waals surface area (Å²) in [6, 6.07) is 14.5. The zero-order chi connectivity index (χ0) is 14.8. The third-order valence-electron chi connectivity index (χ3n) is 3.82. The van der Waals surface area contributed by atoms with E-state index >= 15 is 0 Å². The van der Waals surface area contributed by atoms with Gasteiger partial charge in [-0.15, -0.1) is 0 Å². The summed E-state index contributed by atoms with van der Waals surface area (Å²) in [7, 11) is 1.68. The number of fused-ring (bicyclic) bond motifs is 1. The van der Waals surface area contributed by atoms with Crippen LogP contribution in [0.2, 0.25) is 0 Å². The lowest BCUT2D eigenvalue weighted by Crippen LogP contribution is -2.02. The third-order valence-corrected chi connectivity index (χ3v) is 4.14. The van der Waals surface area contributed by atoms with E-state index in [2.05, 4.69) is 46.8 Å². The van der Waals surface area contributed by atoms with Crippen LogP contribution in [0.5, 0.6) is 5.75 Å². The standard InChI is InChI=1S/C17H18N2OS/c1-3-12-7-4-5-8-13(12)11-19-14-9-6-10-15(20-2)16(14)18-17(19)21/h4-10H,3,11H2,1-2H3,(H,18,21). The SMILES string of the molecule is CCc1ccccc1Cn1c(=S)[nH]c2c(OC)cccc21. The summed E-state index contributed by atoms with van der Waals surface area (Å²) in [6.07, 6.45) is 1.02. The molecule has 1 N–H and O–H groups in total. The summed E-state index contributed by atoms with van der Waals surface area (Å²) in [4.78, 5) is 3.26. The van der Waals surface area contributed by atoms with Crippen molar-refractivity contribution in [1.29, 1.82) is 0 Å².